The molecule has 3 heterocycles. The molecule has 3 aliphatic heterocycles. The topological polar surface area (TPSA) is 251 Å². The number of amidine groups is 1. The van der Waals surface area contributed by atoms with Crippen molar-refractivity contribution < 1.29 is 46.7 Å². The van der Waals surface area contributed by atoms with Crippen LogP contribution in [-0.4, -0.2) is 128 Å². The lowest BCUT2D eigenvalue weighted by Crippen LogP contribution is -2.56. The van der Waals surface area contributed by atoms with E-state index in [9.17, 15) is 37.2 Å². The molecule has 0 aromatic heterocycles. The van der Waals surface area contributed by atoms with E-state index in [1.807, 2.05) is 97.6 Å². The molecule has 0 unspecified atom stereocenters. The summed E-state index contributed by atoms with van der Waals surface area (Å²) >= 11 is 0. The minimum absolute atomic E-state index is 0.0530. The standard InChI is InChI=1S/C63H73N9O10S/c1-6-27-70(28-7-2)61(76)46-30-45-24-23-44(32-54(45)68-56(64)33-46)43-14-12-15-48(31-43)83(79,80)71-35-42(36-71)34-65-62(77)81-37-41-21-25-47(26-22-41)67-59(74)57(39(3)4)69-58(73)55-20-13-29-72(55)60(75)40(5)66-63(78)82-38-53-51-18-10-8-16-49(51)50-17-9-11-19-52(50)53/h8-12,14-19,21-26,30-32,39-40,42,53,55,57H,6-7,13,20,27-29,33-38H2,1-5H3,(H2,64,68)(H,65,77)(H,66,78)(H,67,74)(H,69,73)/t40-,55+,57+/m1/s1. The van der Waals surface area contributed by atoms with Gasteiger partial charge < -0.3 is 46.3 Å². The zero-order chi connectivity index (χ0) is 59.0. The van der Waals surface area contributed by atoms with Crippen LogP contribution in [0.1, 0.15) is 94.9 Å². The maximum atomic E-state index is 13.8. The van der Waals surface area contributed by atoms with Crippen LogP contribution in [0.4, 0.5) is 21.0 Å². The van der Waals surface area contributed by atoms with Crippen LogP contribution in [0.25, 0.3) is 28.3 Å². The molecular formula is C63H73N9O10S. The third kappa shape index (κ3) is 13.8. The van der Waals surface area contributed by atoms with Gasteiger partial charge in [-0.3, -0.25) is 19.2 Å². The van der Waals surface area contributed by atoms with Gasteiger partial charge in [-0.05, 0) is 114 Å². The maximum absolute atomic E-state index is 13.8. The van der Waals surface area contributed by atoms with Gasteiger partial charge in [0.15, 0.2) is 0 Å². The molecule has 3 atom stereocenters. The highest BCUT2D eigenvalue weighted by atomic mass is 32.2. The third-order valence-electron chi connectivity index (χ3n) is 15.5. The normalized spacial score (nSPS) is 16.6. The van der Waals surface area contributed by atoms with Gasteiger partial charge in [0.05, 0.1) is 10.6 Å². The minimum atomic E-state index is -3.85. The molecule has 5 aromatic rings. The van der Waals surface area contributed by atoms with Gasteiger partial charge in [0, 0.05) is 74.3 Å². The van der Waals surface area contributed by atoms with Crippen LogP contribution >= 0.6 is 0 Å². The van der Waals surface area contributed by atoms with Crippen molar-refractivity contribution in [1.82, 2.24) is 30.1 Å². The van der Waals surface area contributed by atoms with Crippen molar-refractivity contribution >= 4 is 69.1 Å². The first-order chi connectivity index (χ1) is 39.9. The number of amides is 6. The summed E-state index contributed by atoms with van der Waals surface area (Å²) in [6.07, 6.45) is 3.31. The highest BCUT2D eigenvalue weighted by Gasteiger charge is 2.40. The molecule has 9 rings (SSSR count). The number of carbonyl (C=O) groups is 6. The summed E-state index contributed by atoms with van der Waals surface area (Å²) in [5, 5.41) is 11.1. The fraction of sp³-hybridized carbons (Fsp3) is 0.381. The van der Waals surface area contributed by atoms with Gasteiger partial charge in [0.1, 0.15) is 37.2 Å². The molecule has 83 heavy (non-hydrogen) atoms. The SMILES string of the molecule is CCCN(CCC)C(=O)C1=Cc2ccc(-c3cccc(S(=O)(=O)N4CC(CNC(=O)OCc5ccc(NC(=O)[C@@H](NC(=O)[C@@H]6CCCN6C(=O)[C@@H](C)NC(=O)OCC6c7ccccc7-c7ccccc76)C(C)C)cc5)C4)c3)cc2N=C(N)C1. The van der Waals surface area contributed by atoms with E-state index in [2.05, 4.69) is 26.3 Å². The van der Waals surface area contributed by atoms with Gasteiger partial charge in [-0.15, -0.1) is 0 Å². The predicted octanol–water partition coefficient (Wildman–Crippen LogP) is 8.32. The lowest BCUT2D eigenvalue weighted by molar-refractivity contribution is -0.140. The van der Waals surface area contributed by atoms with E-state index in [4.69, 9.17) is 15.2 Å². The number of benzene rings is 5. The monoisotopic (exact) mass is 1150 g/mol. The second-order valence-electron chi connectivity index (χ2n) is 22.0. The molecule has 0 saturated carbocycles. The lowest BCUT2D eigenvalue weighted by Gasteiger charge is -2.38. The predicted molar refractivity (Wildman–Crippen MR) is 318 cm³/mol. The van der Waals surface area contributed by atoms with E-state index in [0.29, 0.717) is 66.4 Å². The number of hydrogen-bond acceptors (Lipinski definition) is 12. The molecule has 0 spiro atoms. The average Bonchev–Trinajstić information content (AvgIpc) is 4.31. The van der Waals surface area contributed by atoms with Crippen molar-refractivity contribution in [3.05, 3.63) is 143 Å². The average molecular weight is 1150 g/mol. The highest BCUT2D eigenvalue weighted by Crippen LogP contribution is 2.44. The number of hydrogen-bond donors (Lipinski definition) is 5. The molecule has 436 valence electrons. The Morgan fingerprint density at radius 3 is 2.13 bits per heavy atom. The zero-order valence-corrected chi connectivity index (χ0v) is 48.4. The van der Waals surface area contributed by atoms with Crippen LogP contribution in [0.2, 0.25) is 0 Å². The highest BCUT2D eigenvalue weighted by molar-refractivity contribution is 7.89. The number of carbonyl (C=O) groups excluding carboxylic acids is 6. The number of aliphatic imine (C=N–C) groups is 1. The number of nitrogens with one attached hydrogen (secondary N) is 4. The van der Waals surface area contributed by atoms with Crippen molar-refractivity contribution in [1.29, 1.82) is 0 Å². The molecule has 0 radical (unpaired) electrons. The van der Waals surface area contributed by atoms with E-state index in [0.717, 1.165) is 46.2 Å². The number of ether oxygens (including phenoxy) is 2. The smallest absolute Gasteiger partial charge is 0.407 e. The first kappa shape index (κ1) is 59.3. The van der Waals surface area contributed by atoms with Crippen molar-refractivity contribution in [2.75, 3.05) is 51.2 Å². The molecular weight excluding hydrogens is 1070 g/mol. The molecule has 6 amide bonds. The second-order valence-corrected chi connectivity index (χ2v) is 23.9. The number of alkyl carbamates (subject to hydrolysis) is 2. The van der Waals surface area contributed by atoms with Crippen LogP contribution in [0.15, 0.2) is 131 Å². The van der Waals surface area contributed by atoms with Crippen LogP contribution in [0.3, 0.4) is 0 Å². The van der Waals surface area contributed by atoms with Crippen LogP contribution < -0.4 is 27.0 Å². The van der Waals surface area contributed by atoms with E-state index in [1.54, 1.807) is 63.2 Å². The van der Waals surface area contributed by atoms with Gasteiger partial charge in [-0.25, -0.2) is 23.0 Å². The number of rotatable bonds is 21. The number of nitrogens with zero attached hydrogens (tertiary/aromatic N) is 4. The van der Waals surface area contributed by atoms with Crippen LogP contribution in [-0.2, 0) is 45.3 Å². The van der Waals surface area contributed by atoms with Crippen LogP contribution in [0, 0.1) is 11.8 Å². The molecule has 2 fully saturated rings. The number of fused-ring (bicyclic) bond motifs is 4. The molecule has 1 aliphatic carbocycles. The van der Waals surface area contributed by atoms with E-state index in [-0.39, 0.29) is 67.8 Å². The molecule has 0 bridgehead atoms. The van der Waals surface area contributed by atoms with Crippen molar-refractivity contribution in [3.8, 4) is 22.3 Å². The quantitative estimate of drug-likeness (QED) is 0.0467. The Balaban J connectivity index is 0.698. The Morgan fingerprint density at radius 2 is 1.46 bits per heavy atom. The van der Waals surface area contributed by atoms with Crippen molar-refractivity contribution in [2.24, 2.45) is 22.6 Å². The molecule has 5 aromatic carbocycles. The Labute approximate surface area is 485 Å². The maximum Gasteiger partial charge on any atom is 0.407 e. The summed E-state index contributed by atoms with van der Waals surface area (Å²) in [6, 6.07) is 32.2. The molecule has 20 heteroatoms. The van der Waals surface area contributed by atoms with E-state index < -0.39 is 58.1 Å². The Hall–Kier alpha value is -8.36. The van der Waals surface area contributed by atoms with Gasteiger partial charge >= 0.3 is 12.2 Å². The summed E-state index contributed by atoms with van der Waals surface area (Å²) in [6.45, 7) is 11.5. The number of anilines is 1. The Bertz CT molecular complexity index is 3380. The van der Waals surface area contributed by atoms with E-state index in [1.165, 1.54) is 9.21 Å². The number of likely N-dealkylation sites (tertiary alicyclic amines) is 1. The molecule has 4 aliphatic rings. The fourth-order valence-corrected chi connectivity index (χ4v) is 12.8. The summed E-state index contributed by atoms with van der Waals surface area (Å²) in [7, 11) is -3.85. The van der Waals surface area contributed by atoms with Crippen molar-refractivity contribution in [3.63, 3.8) is 0 Å². The third-order valence-corrected chi connectivity index (χ3v) is 17.4. The second kappa shape index (κ2) is 26.3. The first-order valence-electron chi connectivity index (χ1n) is 28.5. The summed E-state index contributed by atoms with van der Waals surface area (Å²) in [4.78, 5) is 88.4. The van der Waals surface area contributed by atoms with E-state index >= 15 is 0 Å². The summed E-state index contributed by atoms with van der Waals surface area (Å²) in [5.41, 5.74) is 15.1. The number of sulfonamides is 1. The van der Waals surface area contributed by atoms with Gasteiger partial charge in [-0.2, -0.15) is 4.31 Å². The molecule has 19 nitrogen and oxygen atoms in total. The fourth-order valence-electron chi connectivity index (χ4n) is 11.1. The molecule has 6 N–H and O–H groups in total. The van der Waals surface area contributed by atoms with Gasteiger partial charge in [0.2, 0.25) is 33.7 Å². The Kier molecular flexibility index (Phi) is 18.8. The zero-order valence-electron chi connectivity index (χ0n) is 47.6. The van der Waals surface area contributed by atoms with Crippen LogP contribution in [0.5, 0.6) is 0 Å². The van der Waals surface area contributed by atoms with Crippen molar-refractivity contribution in [2.45, 2.75) is 102 Å². The lowest BCUT2D eigenvalue weighted by atomic mass is 9.98. The molecule has 2 saturated heterocycles. The largest absolute Gasteiger partial charge is 0.449 e. The Morgan fingerprint density at radius 1 is 0.783 bits per heavy atom. The summed E-state index contributed by atoms with van der Waals surface area (Å²) < 4.78 is 40.0. The first-order valence-corrected chi connectivity index (χ1v) is 30.0. The number of nitrogens with two attached hydrogens (primary N) is 1. The van der Waals surface area contributed by atoms with Gasteiger partial charge in [-0.1, -0.05) is 113 Å². The van der Waals surface area contributed by atoms with Gasteiger partial charge in [0.25, 0.3) is 0 Å². The minimum Gasteiger partial charge on any atom is -0.449 e. The summed E-state index contributed by atoms with van der Waals surface area (Å²) in [5.74, 6) is -1.70.